The van der Waals surface area contributed by atoms with Crippen LogP contribution in [0.15, 0.2) is 66.9 Å². The zero-order valence-corrected chi connectivity index (χ0v) is 14.6. The molecule has 0 radical (unpaired) electrons. The average Bonchev–Trinajstić information content (AvgIpc) is 2.67. The third-order valence-electron chi connectivity index (χ3n) is 4.93. The van der Waals surface area contributed by atoms with Crippen molar-refractivity contribution in [2.75, 3.05) is 20.7 Å². The molecule has 0 N–H and O–H groups in total. The molecular formula is C22H22N2O. The second-order valence-electron chi connectivity index (χ2n) is 6.66. The van der Waals surface area contributed by atoms with Crippen molar-refractivity contribution >= 4 is 0 Å². The second-order valence-corrected chi connectivity index (χ2v) is 6.66. The summed E-state index contributed by atoms with van der Waals surface area (Å²) < 4.78 is 5.15. The van der Waals surface area contributed by atoms with E-state index in [1.165, 1.54) is 22.3 Å². The first kappa shape index (κ1) is 15.9. The molecule has 1 aliphatic rings. The van der Waals surface area contributed by atoms with E-state index in [2.05, 4.69) is 71.5 Å². The molecule has 0 aliphatic carbocycles. The van der Waals surface area contributed by atoms with Gasteiger partial charge in [-0.1, -0.05) is 42.5 Å². The topological polar surface area (TPSA) is 25.4 Å². The predicted octanol–water partition coefficient (Wildman–Crippen LogP) is 4.33. The Balaban J connectivity index is 1.72. The molecule has 3 heteroatoms. The molecule has 4 rings (SSSR count). The van der Waals surface area contributed by atoms with Gasteiger partial charge < -0.3 is 9.64 Å². The van der Waals surface area contributed by atoms with Gasteiger partial charge in [0.1, 0.15) is 0 Å². The van der Waals surface area contributed by atoms with Crippen molar-refractivity contribution in [2.24, 2.45) is 0 Å². The fourth-order valence-electron chi connectivity index (χ4n) is 3.67. The lowest BCUT2D eigenvalue weighted by Gasteiger charge is -2.33. The molecule has 0 fully saturated rings. The Morgan fingerprint density at radius 2 is 1.80 bits per heavy atom. The SMILES string of the molecule is COc1ccc(-c2ccc3c(c2)CN(C)C[C@H]3c2ccccc2)cn1. The number of benzene rings is 2. The number of fused-ring (bicyclic) bond motifs is 1. The summed E-state index contributed by atoms with van der Waals surface area (Å²) in [6.07, 6.45) is 1.88. The molecule has 2 aromatic carbocycles. The Labute approximate surface area is 148 Å². The van der Waals surface area contributed by atoms with Gasteiger partial charge in [0.15, 0.2) is 0 Å². The summed E-state index contributed by atoms with van der Waals surface area (Å²) in [4.78, 5) is 6.73. The molecule has 0 saturated carbocycles. The van der Waals surface area contributed by atoms with Gasteiger partial charge in [0.2, 0.25) is 5.88 Å². The van der Waals surface area contributed by atoms with Crippen molar-refractivity contribution in [3.05, 3.63) is 83.6 Å². The lowest BCUT2D eigenvalue weighted by molar-refractivity contribution is 0.295. The molecule has 3 nitrogen and oxygen atoms in total. The van der Waals surface area contributed by atoms with Gasteiger partial charge in [-0.15, -0.1) is 0 Å². The number of hydrogen-bond acceptors (Lipinski definition) is 3. The molecule has 1 aliphatic heterocycles. The number of pyridine rings is 1. The van der Waals surface area contributed by atoms with Crippen LogP contribution in [-0.2, 0) is 6.54 Å². The van der Waals surface area contributed by atoms with E-state index in [1.54, 1.807) is 7.11 Å². The molecule has 0 amide bonds. The van der Waals surface area contributed by atoms with Gasteiger partial charge in [-0.25, -0.2) is 4.98 Å². The summed E-state index contributed by atoms with van der Waals surface area (Å²) in [5, 5.41) is 0. The molecular weight excluding hydrogens is 308 g/mol. The highest BCUT2D eigenvalue weighted by atomic mass is 16.5. The number of nitrogens with zero attached hydrogens (tertiary/aromatic N) is 2. The number of ether oxygens (including phenoxy) is 1. The van der Waals surface area contributed by atoms with E-state index in [4.69, 9.17) is 4.74 Å². The third-order valence-corrected chi connectivity index (χ3v) is 4.93. The Morgan fingerprint density at radius 1 is 1.00 bits per heavy atom. The zero-order valence-electron chi connectivity index (χ0n) is 14.6. The van der Waals surface area contributed by atoms with E-state index in [0.29, 0.717) is 11.8 Å². The summed E-state index contributed by atoms with van der Waals surface area (Å²) in [5.41, 5.74) is 6.55. The molecule has 2 heterocycles. The van der Waals surface area contributed by atoms with Crippen molar-refractivity contribution < 1.29 is 4.74 Å². The monoisotopic (exact) mass is 330 g/mol. The molecule has 0 bridgehead atoms. The maximum absolute atomic E-state index is 5.15. The van der Waals surface area contributed by atoms with Crippen LogP contribution in [0.25, 0.3) is 11.1 Å². The number of rotatable bonds is 3. The number of hydrogen-bond donors (Lipinski definition) is 0. The van der Waals surface area contributed by atoms with Crippen molar-refractivity contribution in [3.63, 3.8) is 0 Å². The highest BCUT2D eigenvalue weighted by Crippen LogP contribution is 2.35. The Bertz CT molecular complexity index is 859. The summed E-state index contributed by atoms with van der Waals surface area (Å²) in [5.74, 6) is 1.07. The standard InChI is InChI=1S/C22H22N2O/c1-24-14-19-12-17(18-9-11-22(25-2)23-13-18)8-10-20(19)21(15-24)16-6-4-3-5-7-16/h3-13,21H,14-15H2,1-2H3/t21-/m0/s1. The normalized spacial score (nSPS) is 17.1. The minimum atomic E-state index is 0.429. The lowest BCUT2D eigenvalue weighted by Crippen LogP contribution is -2.30. The number of likely N-dealkylation sites (N-methyl/N-ethyl adjacent to an activating group) is 1. The number of methoxy groups -OCH3 is 1. The van der Waals surface area contributed by atoms with E-state index >= 15 is 0 Å². The van der Waals surface area contributed by atoms with Crippen LogP contribution in [0.4, 0.5) is 0 Å². The van der Waals surface area contributed by atoms with Crippen molar-refractivity contribution in [1.29, 1.82) is 0 Å². The van der Waals surface area contributed by atoms with Crippen LogP contribution in [0.1, 0.15) is 22.6 Å². The van der Waals surface area contributed by atoms with Crippen molar-refractivity contribution in [2.45, 2.75) is 12.5 Å². The van der Waals surface area contributed by atoms with Gasteiger partial charge in [0, 0.05) is 36.8 Å². The molecule has 3 aromatic rings. The van der Waals surface area contributed by atoms with Crippen LogP contribution >= 0.6 is 0 Å². The van der Waals surface area contributed by atoms with E-state index < -0.39 is 0 Å². The average molecular weight is 330 g/mol. The quantitative estimate of drug-likeness (QED) is 0.714. The smallest absolute Gasteiger partial charge is 0.212 e. The minimum absolute atomic E-state index is 0.429. The first-order valence-corrected chi connectivity index (χ1v) is 8.61. The highest BCUT2D eigenvalue weighted by molar-refractivity contribution is 5.65. The van der Waals surface area contributed by atoms with Gasteiger partial charge in [-0.05, 0) is 41.4 Å². The molecule has 126 valence electrons. The van der Waals surface area contributed by atoms with Gasteiger partial charge in [0.25, 0.3) is 0 Å². The van der Waals surface area contributed by atoms with Crippen LogP contribution in [-0.4, -0.2) is 30.6 Å². The third kappa shape index (κ3) is 3.15. The summed E-state index contributed by atoms with van der Waals surface area (Å²) in [6.45, 7) is 2.04. The first-order valence-electron chi connectivity index (χ1n) is 8.61. The van der Waals surface area contributed by atoms with Gasteiger partial charge >= 0.3 is 0 Å². The molecule has 1 atom stereocenters. The molecule has 0 unspecified atom stereocenters. The van der Waals surface area contributed by atoms with E-state index in [9.17, 15) is 0 Å². The first-order chi connectivity index (χ1) is 12.2. The maximum Gasteiger partial charge on any atom is 0.212 e. The second kappa shape index (κ2) is 6.69. The van der Waals surface area contributed by atoms with Crippen LogP contribution in [0.5, 0.6) is 5.88 Å². The Morgan fingerprint density at radius 3 is 2.52 bits per heavy atom. The van der Waals surface area contributed by atoms with Gasteiger partial charge in [0.05, 0.1) is 7.11 Å². The van der Waals surface area contributed by atoms with Crippen LogP contribution in [0.3, 0.4) is 0 Å². The Hall–Kier alpha value is -2.65. The summed E-state index contributed by atoms with van der Waals surface area (Å²) in [6, 6.07) is 21.6. The van der Waals surface area contributed by atoms with Crippen LogP contribution in [0.2, 0.25) is 0 Å². The van der Waals surface area contributed by atoms with E-state index in [-0.39, 0.29) is 0 Å². The van der Waals surface area contributed by atoms with Gasteiger partial charge in [-0.2, -0.15) is 0 Å². The largest absolute Gasteiger partial charge is 0.481 e. The van der Waals surface area contributed by atoms with Gasteiger partial charge in [-0.3, -0.25) is 0 Å². The number of aromatic nitrogens is 1. The van der Waals surface area contributed by atoms with E-state index in [0.717, 1.165) is 18.7 Å². The van der Waals surface area contributed by atoms with Crippen molar-refractivity contribution in [3.8, 4) is 17.0 Å². The molecule has 0 spiro atoms. The lowest BCUT2D eigenvalue weighted by atomic mass is 9.83. The molecule has 25 heavy (non-hydrogen) atoms. The summed E-state index contributed by atoms with van der Waals surface area (Å²) in [7, 11) is 3.83. The maximum atomic E-state index is 5.15. The predicted molar refractivity (Wildman–Crippen MR) is 101 cm³/mol. The molecule has 0 saturated heterocycles. The van der Waals surface area contributed by atoms with Crippen LogP contribution < -0.4 is 4.74 Å². The molecule has 1 aromatic heterocycles. The Kier molecular flexibility index (Phi) is 4.24. The summed E-state index contributed by atoms with van der Waals surface area (Å²) >= 11 is 0. The fraction of sp³-hybridized carbons (Fsp3) is 0.227. The highest BCUT2D eigenvalue weighted by Gasteiger charge is 2.24. The minimum Gasteiger partial charge on any atom is -0.481 e. The van der Waals surface area contributed by atoms with E-state index in [1.807, 2.05) is 12.3 Å². The van der Waals surface area contributed by atoms with Crippen LogP contribution in [0, 0.1) is 0 Å². The fourth-order valence-corrected chi connectivity index (χ4v) is 3.67. The zero-order chi connectivity index (χ0) is 17.2. The van der Waals surface area contributed by atoms with Crippen molar-refractivity contribution in [1.82, 2.24) is 9.88 Å².